The van der Waals surface area contributed by atoms with Gasteiger partial charge in [0, 0.05) is 28.8 Å². The minimum atomic E-state index is -0.315. The van der Waals surface area contributed by atoms with Crippen LogP contribution in [0.25, 0.3) is 0 Å². The molecule has 1 fully saturated rings. The van der Waals surface area contributed by atoms with Crippen LogP contribution < -0.4 is 20.3 Å². The average molecular weight is 418 g/mol. The maximum absolute atomic E-state index is 12.3. The minimum Gasteiger partial charge on any atom is -0.497 e. The second-order valence-electron chi connectivity index (χ2n) is 6.16. The maximum Gasteiger partial charge on any atom is 0.319 e. The molecule has 1 atom stereocenters. The third-order valence-corrected chi connectivity index (χ3v) is 4.77. The number of benzene rings is 2. The van der Waals surface area contributed by atoms with Crippen LogP contribution in [-0.2, 0) is 4.79 Å². The van der Waals surface area contributed by atoms with Crippen LogP contribution in [0.1, 0.15) is 12.0 Å². The molecule has 6 nitrogen and oxygen atoms in total. The van der Waals surface area contributed by atoms with Crippen LogP contribution in [0.2, 0.25) is 0 Å². The molecule has 7 heteroatoms. The number of hydrogen-bond acceptors (Lipinski definition) is 3. The number of anilines is 2. The van der Waals surface area contributed by atoms with Crippen molar-refractivity contribution in [1.82, 2.24) is 5.32 Å². The summed E-state index contributed by atoms with van der Waals surface area (Å²) in [7, 11) is 1.60. The number of rotatable bonds is 4. The smallest absolute Gasteiger partial charge is 0.319 e. The molecular formula is C19H20BrN3O3. The van der Waals surface area contributed by atoms with Crippen molar-refractivity contribution < 1.29 is 14.3 Å². The highest BCUT2D eigenvalue weighted by Gasteiger charge is 2.31. The molecular weight excluding hydrogens is 398 g/mol. The highest BCUT2D eigenvalue weighted by Crippen LogP contribution is 2.24. The summed E-state index contributed by atoms with van der Waals surface area (Å²) in [6.07, 6.45) is 0.277. The summed E-state index contributed by atoms with van der Waals surface area (Å²) < 4.78 is 6.09. The first-order valence-electron chi connectivity index (χ1n) is 8.24. The van der Waals surface area contributed by atoms with Crippen molar-refractivity contribution in [2.75, 3.05) is 23.9 Å². The van der Waals surface area contributed by atoms with E-state index in [1.807, 2.05) is 49.4 Å². The van der Waals surface area contributed by atoms with E-state index < -0.39 is 0 Å². The van der Waals surface area contributed by atoms with Gasteiger partial charge >= 0.3 is 6.03 Å². The molecule has 2 N–H and O–H groups in total. The van der Waals surface area contributed by atoms with Crippen LogP contribution in [0, 0.1) is 6.92 Å². The van der Waals surface area contributed by atoms with Gasteiger partial charge in [-0.25, -0.2) is 4.79 Å². The van der Waals surface area contributed by atoms with Crippen molar-refractivity contribution >= 4 is 39.2 Å². The third-order valence-electron chi connectivity index (χ3n) is 4.28. The van der Waals surface area contributed by atoms with Crippen molar-refractivity contribution in [3.8, 4) is 5.75 Å². The van der Waals surface area contributed by atoms with Crippen LogP contribution in [0.3, 0.4) is 0 Å². The monoisotopic (exact) mass is 417 g/mol. The van der Waals surface area contributed by atoms with Gasteiger partial charge in [0.05, 0.1) is 13.2 Å². The van der Waals surface area contributed by atoms with Gasteiger partial charge in [0.1, 0.15) is 5.75 Å². The zero-order valence-electron chi connectivity index (χ0n) is 14.6. The average Bonchev–Trinajstić information content (AvgIpc) is 2.97. The SMILES string of the molecule is COc1ccc(N2CC(NC(=O)Nc3ccc(Br)cc3C)CC2=O)cc1. The molecule has 1 aliphatic heterocycles. The predicted molar refractivity (Wildman–Crippen MR) is 105 cm³/mol. The fourth-order valence-corrected chi connectivity index (χ4v) is 3.40. The van der Waals surface area contributed by atoms with E-state index >= 15 is 0 Å². The van der Waals surface area contributed by atoms with Crippen LogP contribution in [-0.4, -0.2) is 31.6 Å². The third kappa shape index (κ3) is 4.16. The van der Waals surface area contributed by atoms with Crippen molar-refractivity contribution in [1.29, 1.82) is 0 Å². The number of carbonyl (C=O) groups is 2. The molecule has 0 spiro atoms. The quantitative estimate of drug-likeness (QED) is 0.796. The van der Waals surface area contributed by atoms with E-state index in [0.29, 0.717) is 6.54 Å². The van der Waals surface area contributed by atoms with Gasteiger partial charge in [-0.3, -0.25) is 4.79 Å². The number of nitrogens with zero attached hydrogens (tertiary/aromatic N) is 1. The summed E-state index contributed by atoms with van der Waals surface area (Å²) in [5.74, 6) is 0.722. The highest BCUT2D eigenvalue weighted by atomic mass is 79.9. The number of aryl methyl sites for hydroxylation is 1. The number of nitrogens with one attached hydrogen (secondary N) is 2. The van der Waals surface area contributed by atoms with E-state index in [0.717, 1.165) is 27.2 Å². The Kier molecular flexibility index (Phi) is 5.46. The molecule has 0 saturated carbocycles. The Hall–Kier alpha value is -2.54. The number of urea groups is 1. The lowest BCUT2D eigenvalue weighted by Gasteiger charge is -2.18. The van der Waals surface area contributed by atoms with Crippen LogP contribution in [0.5, 0.6) is 5.75 Å². The van der Waals surface area contributed by atoms with E-state index in [1.54, 1.807) is 12.0 Å². The number of amides is 3. The lowest BCUT2D eigenvalue weighted by molar-refractivity contribution is -0.117. The minimum absolute atomic E-state index is 0.0136. The Balaban J connectivity index is 1.60. The summed E-state index contributed by atoms with van der Waals surface area (Å²) in [6, 6.07) is 12.4. The molecule has 2 aromatic carbocycles. The zero-order valence-corrected chi connectivity index (χ0v) is 16.2. The van der Waals surface area contributed by atoms with Crippen molar-refractivity contribution in [2.24, 2.45) is 0 Å². The second-order valence-corrected chi connectivity index (χ2v) is 7.08. The van der Waals surface area contributed by atoms with Gasteiger partial charge in [-0.15, -0.1) is 0 Å². The molecule has 26 heavy (non-hydrogen) atoms. The molecule has 3 rings (SSSR count). The Morgan fingerprint density at radius 2 is 1.96 bits per heavy atom. The fourth-order valence-electron chi connectivity index (χ4n) is 2.93. The second kappa shape index (κ2) is 7.78. The first kappa shape index (κ1) is 18.3. The first-order chi connectivity index (χ1) is 12.5. The summed E-state index contributed by atoms with van der Waals surface area (Å²) in [6.45, 7) is 2.36. The number of methoxy groups -OCH3 is 1. The number of halogens is 1. The summed E-state index contributed by atoms with van der Waals surface area (Å²) >= 11 is 3.40. The van der Waals surface area contributed by atoms with Gasteiger partial charge in [0.2, 0.25) is 5.91 Å². The predicted octanol–water partition coefficient (Wildman–Crippen LogP) is 3.69. The number of carbonyl (C=O) groups excluding carboxylic acids is 2. The highest BCUT2D eigenvalue weighted by molar-refractivity contribution is 9.10. The normalized spacial score (nSPS) is 16.5. The van der Waals surface area contributed by atoms with Crippen LogP contribution in [0.4, 0.5) is 16.2 Å². The number of ether oxygens (including phenoxy) is 1. The lowest BCUT2D eigenvalue weighted by Crippen LogP contribution is -2.39. The lowest BCUT2D eigenvalue weighted by atomic mass is 10.2. The first-order valence-corrected chi connectivity index (χ1v) is 9.03. The standard InChI is InChI=1S/C19H20BrN3O3/c1-12-9-13(20)3-8-17(12)22-19(25)21-14-10-18(24)23(11-14)15-4-6-16(26-2)7-5-15/h3-9,14H,10-11H2,1-2H3,(H2,21,22,25). The Bertz CT molecular complexity index is 823. The molecule has 0 aliphatic carbocycles. The molecule has 3 amide bonds. The van der Waals surface area contributed by atoms with E-state index in [-0.39, 0.29) is 24.4 Å². The molecule has 0 aromatic heterocycles. The fraction of sp³-hybridized carbons (Fsp3) is 0.263. The summed E-state index contributed by atoms with van der Waals surface area (Å²) in [5, 5.41) is 5.70. The molecule has 1 unspecified atom stereocenters. The molecule has 0 radical (unpaired) electrons. The largest absolute Gasteiger partial charge is 0.497 e. The Morgan fingerprint density at radius 1 is 1.23 bits per heavy atom. The molecule has 0 bridgehead atoms. The van der Waals surface area contributed by atoms with E-state index in [1.165, 1.54) is 0 Å². The Morgan fingerprint density at radius 3 is 2.62 bits per heavy atom. The van der Waals surface area contributed by atoms with Gasteiger partial charge in [-0.05, 0) is 55.0 Å². The molecule has 1 saturated heterocycles. The molecule has 1 heterocycles. The molecule has 2 aromatic rings. The zero-order chi connectivity index (χ0) is 18.7. The molecule has 136 valence electrons. The topological polar surface area (TPSA) is 70.7 Å². The van der Waals surface area contributed by atoms with Gasteiger partial charge in [0.15, 0.2) is 0 Å². The van der Waals surface area contributed by atoms with Crippen molar-refractivity contribution in [3.05, 3.63) is 52.5 Å². The van der Waals surface area contributed by atoms with Gasteiger partial charge < -0.3 is 20.3 Å². The number of hydrogen-bond donors (Lipinski definition) is 2. The summed E-state index contributed by atoms with van der Waals surface area (Å²) in [5.41, 5.74) is 2.49. The van der Waals surface area contributed by atoms with Gasteiger partial charge in [-0.1, -0.05) is 15.9 Å². The maximum atomic E-state index is 12.3. The van der Waals surface area contributed by atoms with Gasteiger partial charge in [0.25, 0.3) is 0 Å². The van der Waals surface area contributed by atoms with Gasteiger partial charge in [-0.2, -0.15) is 0 Å². The molecule has 1 aliphatic rings. The van der Waals surface area contributed by atoms with Crippen molar-refractivity contribution in [3.63, 3.8) is 0 Å². The van der Waals surface area contributed by atoms with E-state index in [2.05, 4.69) is 26.6 Å². The van der Waals surface area contributed by atoms with Crippen LogP contribution in [0.15, 0.2) is 46.9 Å². The Labute approximate surface area is 160 Å². The van der Waals surface area contributed by atoms with Crippen molar-refractivity contribution in [2.45, 2.75) is 19.4 Å². The van der Waals surface area contributed by atoms with E-state index in [9.17, 15) is 9.59 Å². The van der Waals surface area contributed by atoms with Crippen LogP contribution >= 0.6 is 15.9 Å². The summed E-state index contributed by atoms with van der Waals surface area (Å²) in [4.78, 5) is 26.2. The van der Waals surface area contributed by atoms with E-state index in [4.69, 9.17) is 4.74 Å².